The maximum Gasteiger partial charge on any atom is 0.223 e. The van der Waals surface area contributed by atoms with E-state index >= 15 is 0 Å². The number of nitriles is 1. The van der Waals surface area contributed by atoms with E-state index in [-0.39, 0.29) is 11.0 Å². The van der Waals surface area contributed by atoms with Crippen molar-refractivity contribution in [2.75, 3.05) is 0 Å². The first-order valence-electron chi connectivity index (χ1n) is 4.74. The summed E-state index contributed by atoms with van der Waals surface area (Å²) in [4.78, 5) is 7.31. The van der Waals surface area contributed by atoms with E-state index in [1.807, 2.05) is 6.07 Å². The minimum absolute atomic E-state index is 0.0394. The highest BCUT2D eigenvalue weighted by atomic mass is 35.5. The summed E-state index contributed by atoms with van der Waals surface area (Å²) in [7, 11) is 0. The number of halogens is 2. The van der Waals surface area contributed by atoms with Crippen LogP contribution in [0.2, 0.25) is 5.28 Å². The van der Waals surface area contributed by atoms with Crippen LogP contribution in [-0.4, -0.2) is 19.7 Å². The van der Waals surface area contributed by atoms with E-state index in [2.05, 4.69) is 15.1 Å². The van der Waals surface area contributed by atoms with Crippen LogP contribution in [-0.2, 0) is 0 Å². The largest absolute Gasteiger partial charge is 0.255 e. The van der Waals surface area contributed by atoms with Gasteiger partial charge in [0.2, 0.25) is 5.28 Å². The van der Waals surface area contributed by atoms with Crippen molar-refractivity contribution in [2.24, 2.45) is 0 Å². The van der Waals surface area contributed by atoms with E-state index in [4.69, 9.17) is 16.9 Å². The van der Waals surface area contributed by atoms with Crippen molar-refractivity contribution in [3.63, 3.8) is 0 Å². The monoisotopic (exact) mass is 251 g/mol. The molecule has 5 nitrogen and oxygen atoms in total. The Balaban J connectivity index is 2.44. The highest BCUT2D eigenvalue weighted by Crippen LogP contribution is 2.21. The van der Waals surface area contributed by atoms with E-state index in [0.717, 1.165) is 6.20 Å². The van der Waals surface area contributed by atoms with E-state index < -0.39 is 11.9 Å². The van der Waals surface area contributed by atoms with Crippen LogP contribution in [0.1, 0.15) is 13.0 Å². The molecule has 7 heteroatoms. The van der Waals surface area contributed by atoms with Crippen molar-refractivity contribution in [1.29, 1.82) is 5.26 Å². The first kappa shape index (κ1) is 11.5. The van der Waals surface area contributed by atoms with Gasteiger partial charge in [0.1, 0.15) is 11.7 Å². The third-order valence-electron chi connectivity index (χ3n) is 2.17. The lowest BCUT2D eigenvalue weighted by atomic mass is 10.2. The van der Waals surface area contributed by atoms with Gasteiger partial charge in [-0.15, -0.1) is 0 Å². The molecule has 0 aliphatic carbocycles. The molecule has 0 bridgehead atoms. The van der Waals surface area contributed by atoms with E-state index in [9.17, 15) is 4.39 Å². The quantitative estimate of drug-likeness (QED) is 0.768. The molecule has 0 aliphatic rings. The molecule has 1 atom stereocenters. The lowest BCUT2D eigenvalue weighted by Gasteiger charge is -2.01. The summed E-state index contributed by atoms with van der Waals surface area (Å²) in [5, 5.41) is 12.7. The molecule has 0 radical (unpaired) electrons. The summed E-state index contributed by atoms with van der Waals surface area (Å²) in [6.45, 7) is 1.68. The van der Waals surface area contributed by atoms with Gasteiger partial charge in [0, 0.05) is 11.8 Å². The molecular formula is C10H7ClFN5. The van der Waals surface area contributed by atoms with E-state index in [1.54, 1.807) is 6.92 Å². The maximum atomic E-state index is 13.5. The topological polar surface area (TPSA) is 67.4 Å². The zero-order valence-electron chi connectivity index (χ0n) is 8.80. The second kappa shape index (κ2) is 4.47. The Kier molecular flexibility index (Phi) is 3.02. The normalized spacial score (nSPS) is 12.1. The SMILES string of the molecule is CC(C#N)n1cc(-c2nc(Cl)ncc2F)cn1. The van der Waals surface area contributed by atoms with Gasteiger partial charge in [0.25, 0.3) is 0 Å². The highest BCUT2D eigenvalue weighted by Gasteiger charge is 2.12. The molecule has 2 aromatic heterocycles. The van der Waals surface area contributed by atoms with Gasteiger partial charge in [-0.25, -0.2) is 14.4 Å². The molecular weight excluding hydrogens is 245 g/mol. The Morgan fingerprint density at radius 2 is 2.29 bits per heavy atom. The van der Waals surface area contributed by atoms with Crippen molar-refractivity contribution in [3.05, 3.63) is 29.7 Å². The molecule has 0 saturated heterocycles. The van der Waals surface area contributed by atoms with Crippen molar-refractivity contribution in [1.82, 2.24) is 19.7 Å². The number of rotatable bonds is 2. The minimum atomic E-state index is -0.585. The molecule has 0 amide bonds. The van der Waals surface area contributed by atoms with Crippen LogP contribution in [0.15, 0.2) is 18.6 Å². The fourth-order valence-corrected chi connectivity index (χ4v) is 1.41. The molecule has 0 saturated carbocycles. The summed E-state index contributed by atoms with van der Waals surface area (Å²) in [5.41, 5.74) is 0.523. The standard InChI is InChI=1S/C10H7ClFN5/c1-6(2-13)17-5-7(3-15-17)9-8(12)4-14-10(11)16-9/h3-6H,1H3. The molecule has 2 aromatic rings. The van der Waals surface area contributed by atoms with Crippen molar-refractivity contribution >= 4 is 11.6 Å². The van der Waals surface area contributed by atoms with Crippen molar-refractivity contribution < 1.29 is 4.39 Å². The van der Waals surface area contributed by atoms with Crippen molar-refractivity contribution in [3.8, 4) is 17.3 Å². The third-order valence-corrected chi connectivity index (χ3v) is 2.36. The molecule has 0 aromatic carbocycles. The lowest BCUT2D eigenvalue weighted by molar-refractivity contribution is 0.591. The van der Waals surface area contributed by atoms with Crippen LogP contribution in [0.25, 0.3) is 11.3 Å². The van der Waals surface area contributed by atoms with Crippen LogP contribution in [0.5, 0.6) is 0 Å². The van der Waals surface area contributed by atoms with Gasteiger partial charge in [-0.3, -0.25) is 4.68 Å². The van der Waals surface area contributed by atoms with Gasteiger partial charge in [-0.05, 0) is 18.5 Å². The van der Waals surface area contributed by atoms with Crippen LogP contribution < -0.4 is 0 Å². The predicted octanol–water partition coefficient (Wildman–Crippen LogP) is 2.22. The van der Waals surface area contributed by atoms with Crippen molar-refractivity contribution in [2.45, 2.75) is 13.0 Å². The van der Waals surface area contributed by atoms with Gasteiger partial charge in [-0.2, -0.15) is 10.4 Å². The number of hydrogen-bond donors (Lipinski definition) is 0. The molecule has 2 rings (SSSR count). The Labute approximate surface area is 101 Å². The fraction of sp³-hybridized carbons (Fsp3) is 0.200. The molecule has 0 spiro atoms. The first-order chi connectivity index (χ1) is 8.11. The number of aromatic nitrogens is 4. The highest BCUT2D eigenvalue weighted by molar-refractivity contribution is 6.28. The molecule has 17 heavy (non-hydrogen) atoms. The summed E-state index contributed by atoms with van der Waals surface area (Å²) in [5.74, 6) is -0.585. The predicted molar refractivity (Wildman–Crippen MR) is 58.5 cm³/mol. The first-order valence-corrected chi connectivity index (χ1v) is 5.12. The fourth-order valence-electron chi connectivity index (χ4n) is 1.28. The van der Waals surface area contributed by atoms with Crippen LogP contribution in [0.3, 0.4) is 0 Å². The molecule has 0 fully saturated rings. The van der Waals surface area contributed by atoms with Gasteiger partial charge in [-0.1, -0.05) is 0 Å². The molecule has 2 heterocycles. The summed E-state index contributed by atoms with van der Waals surface area (Å²) < 4.78 is 14.9. The summed E-state index contributed by atoms with van der Waals surface area (Å²) >= 11 is 5.59. The van der Waals surface area contributed by atoms with Gasteiger partial charge < -0.3 is 0 Å². The van der Waals surface area contributed by atoms with E-state index in [0.29, 0.717) is 5.56 Å². The van der Waals surface area contributed by atoms with Gasteiger partial charge in [0.15, 0.2) is 5.82 Å². The number of hydrogen-bond acceptors (Lipinski definition) is 4. The smallest absolute Gasteiger partial charge is 0.223 e. The van der Waals surface area contributed by atoms with Crippen LogP contribution in [0.4, 0.5) is 4.39 Å². The number of nitrogens with zero attached hydrogens (tertiary/aromatic N) is 5. The van der Waals surface area contributed by atoms with Gasteiger partial charge in [0.05, 0.1) is 18.5 Å². The zero-order valence-corrected chi connectivity index (χ0v) is 9.56. The summed E-state index contributed by atoms with van der Waals surface area (Å²) in [6, 6.07) is 1.59. The second-order valence-electron chi connectivity index (χ2n) is 3.35. The Hall–Kier alpha value is -2.00. The second-order valence-corrected chi connectivity index (χ2v) is 3.69. The minimum Gasteiger partial charge on any atom is -0.255 e. The average molecular weight is 252 g/mol. The molecule has 1 unspecified atom stereocenters. The Bertz CT molecular complexity index is 589. The Morgan fingerprint density at radius 3 is 3.00 bits per heavy atom. The lowest BCUT2D eigenvalue weighted by Crippen LogP contribution is -2.02. The molecule has 0 aliphatic heterocycles. The zero-order chi connectivity index (χ0) is 12.4. The maximum absolute atomic E-state index is 13.5. The third kappa shape index (κ3) is 2.24. The van der Waals surface area contributed by atoms with Gasteiger partial charge >= 0.3 is 0 Å². The Morgan fingerprint density at radius 1 is 1.53 bits per heavy atom. The van der Waals surface area contributed by atoms with E-state index in [1.165, 1.54) is 17.1 Å². The van der Waals surface area contributed by atoms with Crippen LogP contribution in [0, 0.1) is 17.1 Å². The summed E-state index contributed by atoms with van der Waals surface area (Å²) in [6.07, 6.45) is 3.96. The van der Waals surface area contributed by atoms with Crippen LogP contribution >= 0.6 is 11.6 Å². The average Bonchev–Trinajstić information content (AvgIpc) is 2.80. The molecule has 86 valence electrons. The molecule has 0 N–H and O–H groups in total.